The second kappa shape index (κ2) is 9.64. The number of methoxy groups -OCH3 is 1. The molecule has 0 saturated carbocycles. The van der Waals surface area contributed by atoms with E-state index in [9.17, 15) is 0 Å². The smallest absolute Gasteiger partial charge is 0.119 e. The SMILES string of the molecule is COc1ccc(N)c(/C=C\C[P+](c2ccccc2)(c2ccccc2)c2ccccc2)c1. The molecule has 4 aromatic carbocycles. The Morgan fingerprint density at radius 1 is 0.710 bits per heavy atom. The Bertz CT molecular complexity index is 1040. The largest absolute Gasteiger partial charge is 0.497 e. The quantitative estimate of drug-likeness (QED) is 0.323. The molecular weight excluding hydrogens is 397 g/mol. The van der Waals surface area contributed by atoms with Crippen molar-refractivity contribution in [2.24, 2.45) is 0 Å². The molecule has 2 N–H and O–H groups in total. The van der Waals surface area contributed by atoms with E-state index in [2.05, 4.69) is 103 Å². The minimum atomic E-state index is -1.88. The van der Waals surface area contributed by atoms with Gasteiger partial charge in [-0.25, -0.2) is 0 Å². The highest BCUT2D eigenvalue weighted by molar-refractivity contribution is 7.95. The highest BCUT2D eigenvalue weighted by Crippen LogP contribution is 2.55. The van der Waals surface area contributed by atoms with Gasteiger partial charge >= 0.3 is 0 Å². The fraction of sp³-hybridized carbons (Fsp3) is 0.0714. The maximum Gasteiger partial charge on any atom is 0.119 e. The number of ether oxygens (including phenoxy) is 1. The van der Waals surface area contributed by atoms with Crippen molar-refractivity contribution in [1.82, 2.24) is 0 Å². The van der Waals surface area contributed by atoms with Crippen LogP contribution < -0.4 is 26.4 Å². The van der Waals surface area contributed by atoms with Crippen LogP contribution >= 0.6 is 7.26 Å². The van der Waals surface area contributed by atoms with Crippen LogP contribution in [0.5, 0.6) is 5.75 Å². The topological polar surface area (TPSA) is 35.2 Å². The maximum atomic E-state index is 6.23. The molecule has 2 nitrogen and oxygen atoms in total. The number of benzene rings is 4. The third kappa shape index (κ3) is 4.40. The second-order valence-electron chi connectivity index (χ2n) is 7.40. The van der Waals surface area contributed by atoms with E-state index < -0.39 is 7.26 Å². The summed E-state index contributed by atoms with van der Waals surface area (Å²) in [5.41, 5.74) is 7.96. The first-order valence-electron chi connectivity index (χ1n) is 10.4. The summed E-state index contributed by atoms with van der Waals surface area (Å²) >= 11 is 0. The number of anilines is 1. The van der Waals surface area contributed by atoms with Crippen molar-refractivity contribution >= 4 is 34.9 Å². The van der Waals surface area contributed by atoms with E-state index in [1.807, 2.05) is 18.2 Å². The molecule has 3 heteroatoms. The Morgan fingerprint density at radius 3 is 1.65 bits per heavy atom. The van der Waals surface area contributed by atoms with Crippen LogP contribution in [0.4, 0.5) is 5.69 Å². The van der Waals surface area contributed by atoms with Crippen LogP contribution in [0.15, 0.2) is 115 Å². The highest BCUT2D eigenvalue weighted by atomic mass is 31.2. The number of nitrogens with two attached hydrogens (primary N) is 1. The first-order valence-corrected chi connectivity index (χ1v) is 12.4. The number of nitrogen functional groups attached to an aromatic ring is 1. The molecule has 0 aliphatic carbocycles. The molecule has 154 valence electrons. The fourth-order valence-corrected chi connectivity index (χ4v) is 7.96. The molecule has 0 fully saturated rings. The van der Waals surface area contributed by atoms with E-state index >= 15 is 0 Å². The van der Waals surface area contributed by atoms with Gasteiger partial charge in [-0.05, 0) is 60.7 Å². The van der Waals surface area contributed by atoms with Crippen molar-refractivity contribution in [1.29, 1.82) is 0 Å². The molecule has 0 saturated heterocycles. The molecule has 0 aromatic heterocycles. The van der Waals surface area contributed by atoms with Crippen LogP contribution in [-0.2, 0) is 0 Å². The lowest BCUT2D eigenvalue weighted by molar-refractivity contribution is 0.415. The minimum absolute atomic E-state index is 0.750. The normalized spacial score (nSPS) is 11.5. The summed E-state index contributed by atoms with van der Waals surface area (Å²) in [6.45, 7) is 0. The molecule has 4 aromatic rings. The monoisotopic (exact) mass is 424 g/mol. The number of rotatable bonds is 7. The van der Waals surface area contributed by atoms with Crippen LogP contribution in [0.25, 0.3) is 6.08 Å². The zero-order valence-electron chi connectivity index (χ0n) is 17.7. The van der Waals surface area contributed by atoms with Crippen molar-refractivity contribution in [3.8, 4) is 5.75 Å². The van der Waals surface area contributed by atoms with E-state index in [4.69, 9.17) is 10.5 Å². The third-order valence-electron chi connectivity index (χ3n) is 5.56. The van der Waals surface area contributed by atoms with Crippen molar-refractivity contribution in [2.45, 2.75) is 0 Å². The lowest BCUT2D eigenvalue weighted by atomic mass is 10.1. The van der Waals surface area contributed by atoms with Gasteiger partial charge < -0.3 is 10.5 Å². The van der Waals surface area contributed by atoms with E-state index in [-0.39, 0.29) is 0 Å². The fourth-order valence-electron chi connectivity index (χ4n) is 3.97. The van der Waals surface area contributed by atoms with Gasteiger partial charge in [-0.2, -0.15) is 0 Å². The summed E-state index contributed by atoms with van der Waals surface area (Å²) in [6, 6.07) is 38.4. The molecule has 0 bridgehead atoms. The third-order valence-corrected chi connectivity index (χ3v) is 9.86. The van der Waals surface area contributed by atoms with Gasteiger partial charge in [0.2, 0.25) is 0 Å². The summed E-state index contributed by atoms with van der Waals surface area (Å²) in [4.78, 5) is 0. The minimum Gasteiger partial charge on any atom is -0.497 e. The Hall–Kier alpha value is -3.35. The van der Waals surface area contributed by atoms with Gasteiger partial charge in [-0.15, -0.1) is 0 Å². The standard InChI is InChI=1S/C28H27NOP/c1-30-24-19-20-28(29)23(22-24)12-11-21-31(25-13-5-2-6-14-25,26-15-7-3-8-16-26)27-17-9-4-10-18-27/h2-20,22H,21,29H2,1H3/q+1/b12-11-. The maximum absolute atomic E-state index is 6.23. The summed E-state index contributed by atoms with van der Waals surface area (Å²) < 4.78 is 5.38. The highest BCUT2D eigenvalue weighted by Gasteiger charge is 2.44. The zero-order valence-corrected chi connectivity index (χ0v) is 18.6. The molecule has 0 amide bonds. The molecule has 0 radical (unpaired) electrons. The first-order chi connectivity index (χ1) is 15.2. The summed E-state index contributed by atoms with van der Waals surface area (Å²) in [5, 5.41) is 4.11. The molecule has 0 unspecified atom stereocenters. The molecule has 0 spiro atoms. The van der Waals surface area contributed by atoms with Gasteiger partial charge in [0.15, 0.2) is 0 Å². The lowest BCUT2D eigenvalue weighted by Gasteiger charge is -2.26. The Kier molecular flexibility index (Phi) is 6.50. The summed E-state index contributed by atoms with van der Waals surface area (Å²) in [7, 11) is -0.207. The number of hydrogen-bond acceptors (Lipinski definition) is 2. The molecule has 0 aliphatic rings. The summed E-state index contributed by atoms with van der Waals surface area (Å²) in [5.74, 6) is 0.809. The van der Waals surface area contributed by atoms with Crippen LogP contribution in [-0.4, -0.2) is 13.3 Å². The Balaban J connectivity index is 1.85. The van der Waals surface area contributed by atoms with Gasteiger partial charge in [0.05, 0.1) is 13.3 Å². The van der Waals surface area contributed by atoms with Gasteiger partial charge in [0.1, 0.15) is 28.9 Å². The molecular formula is C28H27NOP+. The van der Waals surface area contributed by atoms with E-state index in [0.717, 1.165) is 23.2 Å². The first kappa shape index (κ1) is 20.9. The van der Waals surface area contributed by atoms with Gasteiger partial charge in [0, 0.05) is 11.3 Å². The van der Waals surface area contributed by atoms with E-state index in [1.54, 1.807) is 7.11 Å². The van der Waals surface area contributed by atoms with Crippen molar-refractivity contribution in [3.05, 3.63) is 121 Å². The van der Waals surface area contributed by atoms with Crippen LogP contribution in [0.2, 0.25) is 0 Å². The Labute approximate surface area is 185 Å². The average molecular weight is 425 g/mol. The second-order valence-corrected chi connectivity index (χ2v) is 10.9. The zero-order chi connectivity index (χ0) is 21.5. The van der Waals surface area contributed by atoms with Gasteiger partial charge in [0.25, 0.3) is 0 Å². The van der Waals surface area contributed by atoms with Gasteiger partial charge in [-0.1, -0.05) is 60.7 Å². The average Bonchev–Trinajstić information content (AvgIpc) is 2.85. The van der Waals surface area contributed by atoms with Gasteiger partial charge in [-0.3, -0.25) is 0 Å². The molecule has 31 heavy (non-hydrogen) atoms. The molecule has 0 heterocycles. The summed E-state index contributed by atoms with van der Waals surface area (Å²) in [6.07, 6.45) is 5.30. The lowest BCUT2D eigenvalue weighted by Crippen LogP contribution is -2.32. The van der Waals surface area contributed by atoms with Crippen LogP contribution in [0, 0.1) is 0 Å². The van der Waals surface area contributed by atoms with E-state index in [0.29, 0.717) is 0 Å². The predicted octanol–water partition coefficient (Wildman–Crippen LogP) is 5.28. The molecule has 0 aliphatic heterocycles. The Morgan fingerprint density at radius 2 is 1.19 bits per heavy atom. The van der Waals surface area contributed by atoms with Crippen LogP contribution in [0.1, 0.15) is 5.56 Å². The predicted molar refractivity (Wildman–Crippen MR) is 136 cm³/mol. The van der Waals surface area contributed by atoms with Crippen molar-refractivity contribution in [2.75, 3.05) is 19.0 Å². The van der Waals surface area contributed by atoms with E-state index in [1.165, 1.54) is 15.9 Å². The number of allylic oxidation sites excluding steroid dienone is 1. The van der Waals surface area contributed by atoms with Crippen molar-refractivity contribution in [3.63, 3.8) is 0 Å². The van der Waals surface area contributed by atoms with Crippen molar-refractivity contribution < 1.29 is 4.74 Å². The van der Waals surface area contributed by atoms with Crippen LogP contribution in [0.3, 0.4) is 0 Å². The molecule has 4 rings (SSSR count). The molecule has 0 atom stereocenters. The number of hydrogen-bond donors (Lipinski definition) is 1.